The number of rotatable bonds is 1. The summed E-state index contributed by atoms with van der Waals surface area (Å²) >= 11 is 1.72. The van der Waals surface area contributed by atoms with Gasteiger partial charge in [0.05, 0.1) is 4.88 Å². The minimum absolute atomic E-state index is 0. The number of hydrogen-bond acceptors (Lipinski definition) is 3. The summed E-state index contributed by atoms with van der Waals surface area (Å²) in [6.45, 7) is 5.90. The number of likely N-dealkylation sites (tertiary alicyclic amines) is 1. The molecule has 5 heteroatoms. The Kier molecular flexibility index (Phi) is 5.01. The topological polar surface area (TPSA) is 46.3 Å². The Morgan fingerprint density at radius 2 is 2.10 bits per heavy atom. The average molecular weight is 329 g/mol. The first-order valence-electron chi connectivity index (χ1n) is 7.64. The molecule has 3 rings (SSSR count). The van der Waals surface area contributed by atoms with E-state index in [2.05, 4.69) is 19.9 Å². The van der Waals surface area contributed by atoms with Gasteiger partial charge in [-0.2, -0.15) is 0 Å². The Bertz CT molecular complexity index is 503. The zero-order chi connectivity index (χ0) is 14.3. The molecule has 118 valence electrons. The fourth-order valence-corrected chi connectivity index (χ4v) is 4.52. The minimum atomic E-state index is 0. The molecule has 2 heterocycles. The number of aryl methyl sites for hydroxylation is 2. The van der Waals surface area contributed by atoms with E-state index >= 15 is 0 Å². The molecule has 1 aliphatic carbocycles. The number of nitrogens with two attached hydrogens (primary N) is 1. The second-order valence-electron chi connectivity index (χ2n) is 6.88. The molecule has 0 spiro atoms. The molecule has 1 fully saturated rings. The van der Waals surface area contributed by atoms with Crippen molar-refractivity contribution < 1.29 is 4.79 Å². The smallest absolute Gasteiger partial charge is 0.263 e. The zero-order valence-electron chi connectivity index (χ0n) is 12.9. The number of carbonyl (C=O) groups is 1. The van der Waals surface area contributed by atoms with Crippen LogP contribution in [-0.2, 0) is 12.8 Å². The average Bonchev–Trinajstić information content (AvgIpc) is 2.84. The third-order valence-corrected chi connectivity index (χ3v) is 6.03. The van der Waals surface area contributed by atoms with Crippen LogP contribution >= 0.6 is 23.7 Å². The summed E-state index contributed by atoms with van der Waals surface area (Å²) in [5.41, 5.74) is 7.59. The van der Waals surface area contributed by atoms with E-state index in [-0.39, 0.29) is 29.8 Å². The first-order valence-corrected chi connectivity index (χ1v) is 8.45. The van der Waals surface area contributed by atoms with Crippen molar-refractivity contribution in [3.8, 4) is 0 Å². The van der Waals surface area contributed by atoms with Gasteiger partial charge in [-0.05, 0) is 49.1 Å². The quantitative estimate of drug-likeness (QED) is 0.860. The zero-order valence-corrected chi connectivity index (χ0v) is 14.5. The van der Waals surface area contributed by atoms with E-state index in [4.69, 9.17) is 5.73 Å². The van der Waals surface area contributed by atoms with Crippen molar-refractivity contribution in [3.63, 3.8) is 0 Å². The lowest BCUT2D eigenvalue weighted by molar-refractivity contribution is 0.0537. The van der Waals surface area contributed by atoms with Crippen molar-refractivity contribution in [2.45, 2.75) is 52.0 Å². The number of hydrogen-bond donors (Lipinski definition) is 1. The molecular weight excluding hydrogens is 304 g/mol. The number of piperidine rings is 1. The Morgan fingerprint density at radius 3 is 2.76 bits per heavy atom. The van der Waals surface area contributed by atoms with Crippen LogP contribution in [0.5, 0.6) is 0 Å². The first-order chi connectivity index (χ1) is 9.47. The van der Waals surface area contributed by atoms with E-state index in [0.29, 0.717) is 0 Å². The molecule has 3 nitrogen and oxygen atoms in total. The van der Waals surface area contributed by atoms with Crippen LogP contribution in [0, 0.1) is 5.41 Å². The third-order valence-electron chi connectivity index (χ3n) is 4.81. The maximum atomic E-state index is 12.7. The molecule has 2 N–H and O–H groups in total. The van der Waals surface area contributed by atoms with Gasteiger partial charge < -0.3 is 10.6 Å². The van der Waals surface area contributed by atoms with E-state index in [1.54, 1.807) is 11.3 Å². The third kappa shape index (κ3) is 3.27. The molecule has 1 saturated heterocycles. The lowest BCUT2D eigenvalue weighted by Gasteiger charge is -2.42. The van der Waals surface area contributed by atoms with Crippen LogP contribution in [0.15, 0.2) is 6.07 Å². The van der Waals surface area contributed by atoms with Crippen LogP contribution in [0.1, 0.15) is 53.2 Å². The van der Waals surface area contributed by atoms with Crippen molar-refractivity contribution >= 4 is 29.7 Å². The number of fused-ring (bicyclic) bond motifs is 1. The number of halogens is 1. The standard InChI is InChI=1S/C16H24N2OS.ClH/c1-16(2)10-18(8-7-14(16)17)15(19)13-9-11-5-3-4-6-12(11)20-13;/h9,14H,3-8,10,17H2,1-2H3;1H. The lowest BCUT2D eigenvalue weighted by atomic mass is 9.79. The van der Waals surface area contributed by atoms with Gasteiger partial charge in [-0.15, -0.1) is 23.7 Å². The molecule has 2 aliphatic rings. The first kappa shape index (κ1) is 16.8. The Hall–Kier alpha value is -0.580. The molecule has 1 unspecified atom stereocenters. The summed E-state index contributed by atoms with van der Waals surface area (Å²) in [5.74, 6) is 0.212. The van der Waals surface area contributed by atoms with Gasteiger partial charge >= 0.3 is 0 Å². The fraction of sp³-hybridized carbons (Fsp3) is 0.688. The number of carbonyl (C=O) groups excluding carboxylic acids is 1. The van der Waals surface area contributed by atoms with Gasteiger partial charge in [-0.25, -0.2) is 0 Å². The number of nitrogens with zero attached hydrogens (tertiary/aromatic N) is 1. The maximum Gasteiger partial charge on any atom is 0.263 e. The molecule has 0 radical (unpaired) electrons. The van der Waals surface area contributed by atoms with Gasteiger partial charge in [0.25, 0.3) is 5.91 Å². The lowest BCUT2D eigenvalue weighted by Crippen LogP contribution is -2.53. The second-order valence-corrected chi connectivity index (χ2v) is 8.01. The second kappa shape index (κ2) is 6.27. The van der Waals surface area contributed by atoms with Crippen LogP contribution in [0.3, 0.4) is 0 Å². The molecular formula is C16H25ClN2OS. The molecule has 0 aromatic carbocycles. The van der Waals surface area contributed by atoms with Crippen LogP contribution in [0.25, 0.3) is 0 Å². The van der Waals surface area contributed by atoms with Crippen molar-refractivity contribution in [2.24, 2.45) is 11.1 Å². The van der Waals surface area contributed by atoms with Crippen molar-refractivity contribution in [3.05, 3.63) is 21.4 Å². The highest BCUT2D eigenvalue weighted by atomic mass is 35.5. The van der Waals surface area contributed by atoms with Gasteiger partial charge in [0.1, 0.15) is 0 Å². The van der Waals surface area contributed by atoms with E-state index < -0.39 is 0 Å². The summed E-state index contributed by atoms with van der Waals surface area (Å²) in [7, 11) is 0. The van der Waals surface area contributed by atoms with Crippen molar-refractivity contribution in [1.82, 2.24) is 4.90 Å². The summed E-state index contributed by atoms with van der Waals surface area (Å²) in [5, 5.41) is 0. The Labute approximate surface area is 137 Å². The van der Waals surface area contributed by atoms with Crippen LogP contribution in [0.2, 0.25) is 0 Å². The summed E-state index contributed by atoms with van der Waals surface area (Å²) in [6.07, 6.45) is 5.75. The van der Waals surface area contributed by atoms with E-state index in [0.717, 1.165) is 37.2 Å². The maximum absolute atomic E-state index is 12.7. The highest BCUT2D eigenvalue weighted by Crippen LogP contribution is 2.33. The van der Waals surface area contributed by atoms with Gasteiger partial charge in [0.15, 0.2) is 0 Å². The van der Waals surface area contributed by atoms with Crippen LogP contribution < -0.4 is 5.73 Å². The summed E-state index contributed by atoms with van der Waals surface area (Å²) < 4.78 is 0. The van der Waals surface area contributed by atoms with Crippen LogP contribution in [-0.4, -0.2) is 29.9 Å². The van der Waals surface area contributed by atoms with Crippen LogP contribution in [0.4, 0.5) is 0 Å². The molecule has 0 saturated carbocycles. The predicted octanol–water partition coefficient (Wildman–Crippen LogP) is 3.25. The van der Waals surface area contributed by atoms with Gasteiger partial charge in [0.2, 0.25) is 0 Å². The van der Waals surface area contributed by atoms with Gasteiger partial charge in [-0.1, -0.05) is 13.8 Å². The van der Waals surface area contributed by atoms with Crippen molar-refractivity contribution in [1.29, 1.82) is 0 Å². The molecule has 1 aromatic rings. The normalized spacial score (nSPS) is 24.1. The Morgan fingerprint density at radius 1 is 1.38 bits per heavy atom. The highest BCUT2D eigenvalue weighted by molar-refractivity contribution is 7.14. The van der Waals surface area contributed by atoms with E-state index in [9.17, 15) is 4.79 Å². The van der Waals surface area contributed by atoms with Gasteiger partial charge in [0, 0.05) is 24.0 Å². The van der Waals surface area contributed by atoms with E-state index in [1.165, 1.54) is 23.3 Å². The fourth-order valence-electron chi connectivity index (χ4n) is 3.30. The molecule has 1 atom stereocenters. The molecule has 0 bridgehead atoms. The summed E-state index contributed by atoms with van der Waals surface area (Å²) in [4.78, 5) is 17.1. The minimum Gasteiger partial charge on any atom is -0.337 e. The summed E-state index contributed by atoms with van der Waals surface area (Å²) in [6, 6.07) is 2.34. The Balaban J connectivity index is 0.00000161. The molecule has 1 amide bonds. The predicted molar refractivity (Wildman–Crippen MR) is 90.5 cm³/mol. The number of thiophene rings is 1. The molecule has 1 aliphatic heterocycles. The monoisotopic (exact) mass is 328 g/mol. The SMILES string of the molecule is CC1(C)CN(C(=O)c2cc3c(s2)CCCC3)CCC1N.Cl. The molecule has 1 aromatic heterocycles. The van der Waals surface area contributed by atoms with E-state index in [1.807, 2.05) is 4.90 Å². The molecule has 21 heavy (non-hydrogen) atoms. The largest absolute Gasteiger partial charge is 0.337 e. The van der Waals surface area contributed by atoms with Crippen molar-refractivity contribution in [2.75, 3.05) is 13.1 Å². The van der Waals surface area contributed by atoms with Gasteiger partial charge in [-0.3, -0.25) is 4.79 Å². The highest BCUT2D eigenvalue weighted by Gasteiger charge is 2.36. The number of amides is 1.